The summed E-state index contributed by atoms with van der Waals surface area (Å²) in [4.78, 5) is 3.06. The van der Waals surface area contributed by atoms with Gasteiger partial charge in [-0.3, -0.25) is 0 Å². The molecular weight excluding hydrogens is 158 g/mol. The van der Waals surface area contributed by atoms with Gasteiger partial charge in [0, 0.05) is 44.9 Å². The number of aromatic nitrogens is 1. The molecule has 47 valence electrons. The van der Waals surface area contributed by atoms with Gasteiger partial charge in [0.2, 0.25) is 0 Å². The summed E-state index contributed by atoms with van der Waals surface area (Å²) in [6.07, 6.45) is 1.82. The Hall–Kier alpha value is -0.526. The van der Waals surface area contributed by atoms with E-state index in [0.717, 1.165) is 10.9 Å². The minimum Gasteiger partial charge on any atom is -0.361 e. The van der Waals surface area contributed by atoms with Crippen molar-refractivity contribution in [3.05, 3.63) is 36.5 Å². The van der Waals surface area contributed by atoms with Gasteiger partial charge in [-0.15, -0.1) is 0 Å². The van der Waals surface area contributed by atoms with Crippen molar-refractivity contribution in [2.45, 2.75) is 0 Å². The molecule has 1 radical (unpaired) electrons. The van der Waals surface area contributed by atoms with E-state index < -0.39 is 0 Å². The predicted molar refractivity (Wildman–Crippen MR) is 37.1 cm³/mol. The van der Waals surface area contributed by atoms with Gasteiger partial charge in [-0.2, -0.15) is 0 Å². The van der Waals surface area contributed by atoms with E-state index in [1.165, 1.54) is 0 Å². The molecule has 0 unspecified atom stereocenters. The monoisotopic (exact) mass is 164 g/mol. The number of aromatic amines is 1. The van der Waals surface area contributed by atoms with E-state index in [1.807, 2.05) is 30.5 Å². The first-order chi connectivity index (χ1) is 4.47. The fraction of sp³-hybridized carbons (Fsp3) is 0. The molecule has 0 saturated carbocycles. The summed E-state index contributed by atoms with van der Waals surface area (Å²) in [6.45, 7) is 0. The van der Waals surface area contributed by atoms with Crippen molar-refractivity contribution in [1.29, 1.82) is 0 Å². The van der Waals surface area contributed by atoms with Crippen molar-refractivity contribution in [2.75, 3.05) is 0 Å². The number of para-hydroxylation sites is 1. The molecule has 1 aromatic carbocycles. The number of nitrogens with one attached hydrogen (secondary N) is 1. The van der Waals surface area contributed by atoms with Crippen LogP contribution in [0.15, 0.2) is 30.5 Å². The fourth-order valence-electron chi connectivity index (χ4n) is 0.926. The van der Waals surface area contributed by atoms with Gasteiger partial charge in [0.15, 0.2) is 0 Å². The van der Waals surface area contributed by atoms with Gasteiger partial charge in [-0.1, -0.05) is 18.2 Å². The minimum absolute atomic E-state index is 0. The summed E-state index contributed by atoms with van der Waals surface area (Å²) in [5.74, 6) is 0. The van der Waals surface area contributed by atoms with Crippen molar-refractivity contribution in [3.8, 4) is 0 Å². The maximum Gasteiger partial charge on any atom is 0.0460 e. The van der Waals surface area contributed by atoms with Crippen LogP contribution in [-0.2, 0) is 21.7 Å². The SMILES string of the molecule is [Ti].[c]1c[nH]c2ccccc12. The molecule has 1 nitrogen and oxygen atoms in total. The molecular formula is C8H6NTi. The van der Waals surface area contributed by atoms with Gasteiger partial charge in [0.1, 0.15) is 0 Å². The molecule has 2 heteroatoms. The summed E-state index contributed by atoms with van der Waals surface area (Å²) in [7, 11) is 0. The van der Waals surface area contributed by atoms with Gasteiger partial charge in [-0.05, 0) is 6.07 Å². The zero-order valence-corrected chi connectivity index (χ0v) is 6.95. The third kappa shape index (κ3) is 1.15. The first-order valence-electron chi connectivity index (χ1n) is 2.90. The third-order valence-electron chi connectivity index (χ3n) is 1.38. The van der Waals surface area contributed by atoms with Gasteiger partial charge >= 0.3 is 0 Å². The summed E-state index contributed by atoms with van der Waals surface area (Å²) in [5.41, 5.74) is 1.15. The molecule has 0 aliphatic heterocycles. The van der Waals surface area contributed by atoms with E-state index >= 15 is 0 Å². The van der Waals surface area contributed by atoms with E-state index in [0.29, 0.717) is 0 Å². The Morgan fingerprint density at radius 3 is 2.80 bits per heavy atom. The molecule has 0 atom stereocenters. The van der Waals surface area contributed by atoms with Crippen LogP contribution in [-0.4, -0.2) is 4.98 Å². The Bertz CT molecular complexity index is 283. The molecule has 2 aromatic rings. The third-order valence-corrected chi connectivity index (χ3v) is 1.38. The van der Waals surface area contributed by atoms with Crippen LogP contribution in [0.1, 0.15) is 0 Å². The van der Waals surface area contributed by atoms with Crippen molar-refractivity contribution < 1.29 is 21.7 Å². The summed E-state index contributed by atoms with van der Waals surface area (Å²) < 4.78 is 0. The average Bonchev–Trinajstić information content (AvgIpc) is 2.33. The molecule has 10 heavy (non-hydrogen) atoms. The second kappa shape index (κ2) is 3.04. The number of benzene rings is 1. The second-order valence-corrected chi connectivity index (χ2v) is 1.98. The quantitative estimate of drug-likeness (QED) is 0.573. The maximum absolute atomic E-state index is 3.06. The smallest absolute Gasteiger partial charge is 0.0460 e. The average molecular weight is 164 g/mol. The fourth-order valence-corrected chi connectivity index (χ4v) is 0.926. The summed E-state index contributed by atoms with van der Waals surface area (Å²) in [6, 6.07) is 11.1. The van der Waals surface area contributed by atoms with Gasteiger partial charge < -0.3 is 4.98 Å². The van der Waals surface area contributed by atoms with E-state index in [-0.39, 0.29) is 21.7 Å². The zero-order valence-electron chi connectivity index (χ0n) is 5.39. The van der Waals surface area contributed by atoms with Crippen LogP contribution < -0.4 is 0 Å². The molecule has 0 aliphatic rings. The Balaban J connectivity index is 0.000000500. The molecule has 1 N–H and O–H groups in total. The normalized spacial score (nSPS) is 9.20. The molecule has 0 amide bonds. The maximum atomic E-state index is 3.06. The van der Waals surface area contributed by atoms with Crippen LogP contribution in [0.3, 0.4) is 0 Å². The first-order valence-corrected chi connectivity index (χ1v) is 2.90. The van der Waals surface area contributed by atoms with Gasteiger partial charge in [0.25, 0.3) is 0 Å². The van der Waals surface area contributed by atoms with Crippen molar-refractivity contribution in [1.82, 2.24) is 4.98 Å². The molecule has 1 aromatic heterocycles. The Morgan fingerprint density at radius 1 is 1.20 bits per heavy atom. The van der Waals surface area contributed by atoms with Crippen molar-refractivity contribution >= 4 is 10.9 Å². The molecule has 0 saturated heterocycles. The van der Waals surface area contributed by atoms with Crippen molar-refractivity contribution in [3.63, 3.8) is 0 Å². The zero-order chi connectivity index (χ0) is 6.10. The van der Waals surface area contributed by atoms with Crippen LogP contribution in [0, 0.1) is 6.07 Å². The number of rotatable bonds is 0. The largest absolute Gasteiger partial charge is 0.361 e. The van der Waals surface area contributed by atoms with E-state index in [4.69, 9.17) is 0 Å². The molecule has 1 heterocycles. The van der Waals surface area contributed by atoms with Crippen LogP contribution in [0.25, 0.3) is 10.9 Å². The van der Waals surface area contributed by atoms with E-state index in [2.05, 4.69) is 11.1 Å². The Morgan fingerprint density at radius 2 is 2.00 bits per heavy atom. The molecule has 0 fully saturated rings. The van der Waals surface area contributed by atoms with E-state index in [9.17, 15) is 0 Å². The van der Waals surface area contributed by atoms with E-state index in [1.54, 1.807) is 0 Å². The number of hydrogen-bond acceptors (Lipinski definition) is 0. The molecule has 2 rings (SSSR count). The number of H-pyrrole nitrogens is 1. The summed E-state index contributed by atoms with van der Waals surface area (Å²) >= 11 is 0. The molecule has 0 aliphatic carbocycles. The van der Waals surface area contributed by atoms with Crippen molar-refractivity contribution in [2.24, 2.45) is 0 Å². The number of hydrogen-bond donors (Lipinski definition) is 1. The van der Waals surface area contributed by atoms with Crippen LogP contribution >= 0.6 is 0 Å². The molecule has 0 bridgehead atoms. The first kappa shape index (κ1) is 7.58. The Labute approximate surface area is 74.3 Å². The number of fused-ring (bicyclic) bond motifs is 1. The van der Waals surface area contributed by atoms with Gasteiger partial charge in [0.05, 0.1) is 0 Å². The summed E-state index contributed by atoms with van der Waals surface area (Å²) in [5, 5.41) is 1.15. The van der Waals surface area contributed by atoms with Crippen LogP contribution in [0.2, 0.25) is 0 Å². The van der Waals surface area contributed by atoms with Gasteiger partial charge in [-0.25, -0.2) is 0 Å². The standard InChI is InChI=1S/C8H6N.Ti/c1-2-4-8-7(3-1)5-6-9-8;/h1-4,6,9H;. The second-order valence-electron chi connectivity index (χ2n) is 1.98. The topological polar surface area (TPSA) is 15.8 Å². The Kier molecular flexibility index (Phi) is 2.31. The molecule has 0 spiro atoms. The van der Waals surface area contributed by atoms with Crippen LogP contribution in [0.4, 0.5) is 0 Å². The minimum atomic E-state index is 0. The predicted octanol–water partition coefficient (Wildman–Crippen LogP) is 1.97. The van der Waals surface area contributed by atoms with Crippen LogP contribution in [0.5, 0.6) is 0 Å².